The van der Waals surface area contributed by atoms with Crippen LogP contribution in [-0.4, -0.2) is 32.2 Å². The zero-order valence-electron chi connectivity index (χ0n) is 12.1. The molecule has 0 atom stereocenters. The van der Waals surface area contributed by atoms with E-state index in [0.717, 1.165) is 18.9 Å². The second kappa shape index (κ2) is 7.29. The van der Waals surface area contributed by atoms with Gasteiger partial charge in [0.05, 0.1) is 32.2 Å². The second-order valence-corrected chi connectivity index (χ2v) is 5.70. The summed E-state index contributed by atoms with van der Waals surface area (Å²) in [5.41, 5.74) is 0.165. The monoisotopic (exact) mass is 277 g/mol. The molecule has 0 bridgehead atoms. The fraction of sp³-hybridized carbons (Fsp3) is 0.562. The zero-order valence-corrected chi connectivity index (χ0v) is 12.1. The Morgan fingerprint density at radius 1 is 1.40 bits per heavy atom. The topological polar surface area (TPSA) is 53.8 Å². The first-order valence-corrected chi connectivity index (χ1v) is 7.43. The number of benzene rings is 1. The minimum Gasteiger partial charge on any atom is -0.545 e. The van der Waals surface area contributed by atoms with Crippen molar-refractivity contribution in [2.75, 3.05) is 26.2 Å². The van der Waals surface area contributed by atoms with Crippen molar-refractivity contribution in [1.82, 2.24) is 0 Å². The van der Waals surface area contributed by atoms with Crippen molar-refractivity contribution >= 4 is 5.97 Å². The number of aromatic carboxylic acids is 1. The van der Waals surface area contributed by atoms with E-state index in [1.165, 1.54) is 38.1 Å². The predicted molar refractivity (Wildman–Crippen MR) is 74.8 cm³/mol. The Balaban J connectivity index is 1.68. The van der Waals surface area contributed by atoms with Crippen LogP contribution in [0.2, 0.25) is 0 Å². The first-order valence-electron chi connectivity index (χ1n) is 7.43. The van der Waals surface area contributed by atoms with E-state index < -0.39 is 5.97 Å². The van der Waals surface area contributed by atoms with E-state index in [1.54, 1.807) is 17.0 Å². The molecule has 0 radical (unpaired) electrons. The van der Waals surface area contributed by atoms with Crippen LogP contribution in [0.3, 0.4) is 0 Å². The van der Waals surface area contributed by atoms with E-state index in [2.05, 4.69) is 6.92 Å². The lowest BCUT2D eigenvalue weighted by Gasteiger charge is -2.27. The average Bonchev–Trinajstić information content (AvgIpc) is 2.46. The molecule has 1 heterocycles. The van der Waals surface area contributed by atoms with E-state index in [4.69, 9.17) is 4.74 Å². The Bertz CT molecular complexity index is 439. The van der Waals surface area contributed by atoms with Crippen LogP contribution in [0.4, 0.5) is 0 Å². The normalized spacial score (nSPS) is 22.4. The highest BCUT2D eigenvalue weighted by molar-refractivity contribution is 5.86. The molecule has 4 heteroatoms. The second-order valence-electron chi connectivity index (χ2n) is 5.70. The molecule has 1 N–H and O–H groups in total. The van der Waals surface area contributed by atoms with Crippen molar-refractivity contribution in [2.45, 2.75) is 26.2 Å². The number of rotatable bonds is 6. The van der Waals surface area contributed by atoms with Crippen molar-refractivity contribution < 1.29 is 19.5 Å². The van der Waals surface area contributed by atoms with Crippen LogP contribution in [0.15, 0.2) is 24.3 Å². The van der Waals surface area contributed by atoms with Crippen LogP contribution in [0.1, 0.15) is 36.5 Å². The number of nitrogens with one attached hydrogen (secondary N) is 1. The zero-order chi connectivity index (χ0) is 14.4. The molecule has 1 aliphatic heterocycles. The average molecular weight is 277 g/mol. The van der Waals surface area contributed by atoms with Gasteiger partial charge in [-0.2, -0.15) is 0 Å². The first-order chi connectivity index (χ1) is 9.65. The summed E-state index contributed by atoms with van der Waals surface area (Å²) < 4.78 is 5.60. The van der Waals surface area contributed by atoms with Gasteiger partial charge in [-0.05, 0) is 30.9 Å². The molecule has 1 aromatic carbocycles. The number of carbonyl (C=O) groups is 1. The van der Waals surface area contributed by atoms with Gasteiger partial charge in [-0.1, -0.05) is 19.1 Å². The van der Waals surface area contributed by atoms with Crippen molar-refractivity contribution in [2.24, 2.45) is 5.92 Å². The Kier molecular flexibility index (Phi) is 5.41. The quantitative estimate of drug-likeness (QED) is 0.752. The van der Waals surface area contributed by atoms with Crippen LogP contribution in [0.25, 0.3) is 0 Å². The number of piperidine rings is 1. The van der Waals surface area contributed by atoms with E-state index in [-0.39, 0.29) is 5.56 Å². The number of ether oxygens (including phenoxy) is 1. The minimum absolute atomic E-state index is 0.165. The SMILES string of the molecule is CC1CC[NH+](CCCOc2cccc(C(=O)[O-])c2)CC1. The summed E-state index contributed by atoms with van der Waals surface area (Å²) in [5.74, 6) is 0.318. The Labute approximate surface area is 120 Å². The molecule has 0 unspecified atom stereocenters. The summed E-state index contributed by atoms with van der Waals surface area (Å²) in [4.78, 5) is 12.4. The van der Waals surface area contributed by atoms with Gasteiger partial charge in [0, 0.05) is 12.0 Å². The number of carboxylic acids is 1. The van der Waals surface area contributed by atoms with Crippen molar-refractivity contribution in [3.8, 4) is 5.75 Å². The molecular formula is C16H23NO3. The summed E-state index contributed by atoms with van der Waals surface area (Å²) in [6, 6.07) is 6.49. The Hall–Kier alpha value is -1.55. The number of hydrogen-bond donors (Lipinski definition) is 1. The van der Waals surface area contributed by atoms with Gasteiger partial charge in [-0.25, -0.2) is 0 Å². The van der Waals surface area contributed by atoms with Gasteiger partial charge < -0.3 is 19.5 Å². The number of likely N-dealkylation sites (tertiary alicyclic amines) is 1. The third kappa shape index (κ3) is 4.53. The smallest absolute Gasteiger partial charge is 0.119 e. The molecule has 0 aromatic heterocycles. The van der Waals surface area contributed by atoms with Gasteiger partial charge in [0.1, 0.15) is 5.75 Å². The third-order valence-electron chi connectivity index (χ3n) is 3.99. The highest BCUT2D eigenvalue weighted by atomic mass is 16.5. The van der Waals surface area contributed by atoms with Crippen LogP contribution in [0.5, 0.6) is 5.75 Å². The van der Waals surface area contributed by atoms with Crippen LogP contribution in [-0.2, 0) is 0 Å². The largest absolute Gasteiger partial charge is 0.545 e. The van der Waals surface area contributed by atoms with Crippen molar-refractivity contribution in [1.29, 1.82) is 0 Å². The molecule has 4 nitrogen and oxygen atoms in total. The number of quaternary nitrogens is 1. The summed E-state index contributed by atoms with van der Waals surface area (Å²) in [6.07, 6.45) is 3.65. The molecule has 1 fully saturated rings. The third-order valence-corrected chi connectivity index (χ3v) is 3.99. The summed E-state index contributed by atoms with van der Waals surface area (Å²) in [6.45, 7) is 6.62. The molecule has 20 heavy (non-hydrogen) atoms. The van der Waals surface area contributed by atoms with E-state index in [1.807, 2.05) is 0 Å². The number of carbonyl (C=O) groups excluding carboxylic acids is 1. The highest BCUT2D eigenvalue weighted by Gasteiger charge is 2.17. The maximum absolute atomic E-state index is 10.7. The highest BCUT2D eigenvalue weighted by Crippen LogP contribution is 2.13. The first kappa shape index (κ1) is 14.9. The van der Waals surface area contributed by atoms with Crippen molar-refractivity contribution in [3.63, 3.8) is 0 Å². The lowest BCUT2D eigenvalue weighted by molar-refractivity contribution is -0.906. The summed E-state index contributed by atoms with van der Waals surface area (Å²) >= 11 is 0. The fourth-order valence-electron chi connectivity index (χ4n) is 2.65. The van der Waals surface area contributed by atoms with Crippen molar-refractivity contribution in [3.05, 3.63) is 29.8 Å². The lowest BCUT2D eigenvalue weighted by Crippen LogP contribution is -3.13. The molecule has 110 valence electrons. The fourth-order valence-corrected chi connectivity index (χ4v) is 2.65. The summed E-state index contributed by atoms with van der Waals surface area (Å²) in [5, 5.41) is 10.7. The molecule has 0 amide bonds. The lowest BCUT2D eigenvalue weighted by atomic mass is 9.99. The molecule has 0 saturated carbocycles. The molecular weight excluding hydrogens is 254 g/mol. The van der Waals surface area contributed by atoms with Crippen LogP contribution in [0, 0.1) is 5.92 Å². The van der Waals surface area contributed by atoms with Gasteiger partial charge in [-0.3, -0.25) is 0 Å². The maximum Gasteiger partial charge on any atom is 0.119 e. The molecule has 2 rings (SSSR count). The molecule has 1 saturated heterocycles. The molecule has 1 aliphatic rings. The van der Waals surface area contributed by atoms with Crippen LogP contribution < -0.4 is 14.7 Å². The molecule has 0 aliphatic carbocycles. The molecule has 0 spiro atoms. The number of carboxylic acid groups (broad SMARTS) is 1. The number of hydrogen-bond acceptors (Lipinski definition) is 3. The van der Waals surface area contributed by atoms with Gasteiger partial charge in [-0.15, -0.1) is 0 Å². The van der Waals surface area contributed by atoms with Gasteiger partial charge >= 0.3 is 0 Å². The van der Waals surface area contributed by atoms with E-state index in [9.17, 15) is 9.90 Å². The summed E-state index contributed by atoms with van der Waals surface area (Å²) in [7, 11) is 0. The van der Waals surface area contributed by atoms with E-state index in [0.29, 0.717) is 12.4 Å². The van der Waals surface area contributed by atoms with Gasteiger partial charge in [0.25, 0.3) is 0 Å². The standard InChI is InChI=1S/C16H23NO3/c1-13-6-9-17(10-7-13)8-3-11-20-15-5-2-4-14(12-15)16(18)19/h2,4-5,12-13H,3,6-11H2,1H3,(H,18,19). The van der Waals surface area contributed by atoms with Crippen LogP contribution >= 0.6 is 0 Å². The van der Waals surface area contributed by atoms with Gasteiger partial charge in [0.2, 0.25) is 0 Å². The van der Waals surface area contributed by atoms with Gasteiger partial charge in [0.15, 0.2) is 0 Å². The Morgan fingerprint density at radius 2 is 2.15 bits per heavy atom. The van der Waals surface area contributed by atoms with E-state index >= 15 is 0 Å². The minimum atomic E-state index is -1.16. The Morgan fingerprint density at radius 3 is 2.85 bits per heavy atom. The predicted octanol–water partition coefficient (Wildman–Crippen LogP) is 0.134. The maximum atomic E-state index is 10.7. The molecule has 1 aromatic rings.